The van der Waals surface area contributed by atoms with E-state index in [-0.39, 0.29) is 10.2 Å². The van der Waals surface area contributed by atoms with Gasteiger partial charge in [0.25, 0.3) is 10.0 Å². The predicted octanol–water partition coefficient (Wildman–Crippen LogP) is 0.660. The fraction of sp³-hybridized carbons (Fsp3) is 0.545. The van der Waals surface area contributed by atoms with Gasteiger partial charge in [0.15, 0.2) is 15.1 Å². The second kappa shape index (κ2) is 6.19. The molecule has 0 unspecified atom stereocenters. The maximum atomic E-state index is 12.4. The number of hydrogen-bond acceptors (Lipinski definition) is 6. The van der Waals surface area contributed by atoms with E-state index >= 15 is 0 Å². The van der Waals surface area contributed by atoms with E-state index in [1.54, 1.807) is 11.6 Å². The molecule has 21 heavy (non-hydrogen) atoms. The molecule has 0 atom stereocenters. The summed E-state index contributed by atoms with van der Waals surface area (Å²) in [5.74, 6) is 0. The van der Waals surface area contributed by atoms with Crippen LogP contribution < -0.4 is 4.72 Å². The van der Waals surface area contributed by atoms with Crippen molar-refractivity contribution in [3.05, 3.63) is 16.7 Å². The highest BCUT2D eigenvalue weighted by Crippen LogP contribution is 2.24. The van der Waals surface area contributed by atoms with Crippen molar-refractivity contribution in [3.63, 3.8) is 0 Å². The molecule has 2 aromatic rings. The average Bonchev–Trinajstić information content (AvgIpc) is 2.99. The molecule has 0 aromatic carbocycles. The number of hydrogen-bond donors (Lipinski definition) is 1. The smallest absolute Gasteiger partial charge is 0.259 e. The Morgan fingerprint density at radius 1 is 1.43 bits per heavy atom. The van der Waals surface area contributed by atoms with Crippen LogP contribution in [0.15, 0.2) is 16.6 Å². The maximum absolute atomic E-state index is 12.4. The molecule has 1 aliphatic rings. The zero-order chi connectivity index (χ0) is 14.9. The van der Waals surface area contributed by atoms with Crippen molar-refractivity contribution in [2.24, 2.45) is 0 Å². The largest absolute Gasteiger partial charge is 0.379 e. The third-order valence-electron chi connectivity index (χ3n) is 3.26. The summed E-state index contributed by atoms with van der Waals surface area (Å²) in [4.78, 5) is 6.76. The first kappa shape index (κ1) is 15.2. The number of fused-ring (bicyclic) bond motifs is 1. The number of sulfonamides is 1. The van der Waals surface area contributed by atoms with Gasteiger partial charge in [-0.05, 0) is 0 Å². The Bertz CT molecular complexity index is 721. The molecule has 0 bridgehead atoms. The van der Waals surface area contributed by atoms with Crippen LogP contribution in [0.1, 0.15) is 0 Å². The van der Waals surface area contributed by atoms with Crippen molar-refractivity contribution in [2.75, 3.05) is 39.4 Å². The summed E-state index contributed by atoms with van der Waals surface area (Å²) >= 11 is 7.29. The summed E-state index contributed by atoms with van der Waals surface area (Å²) in [5, 5.41) is 1.77. The van der Waals surface area contributed by atoms with E-state index in [1.807, 2.05) is 0 Å². The highest BCUT2D eigenvalue weighted by molar-refractivity contribution is 7.89. The lowest BCUT2D eigenvalue weighted by atomic mass is 10.4. The molecule has 10 heteroatoms. The third-order valence-corrected chi connectivity index (χ3v) is 5.87. The van der Waals surface area contributed by atoms with Gasteiger partial charge in [0, 0.05) is 37.8 Å². The van der Waals surface area contributed by atoms with Crippen LogP contribution in [0, 0.1) is 0 Å². The van der Waals surface area contributed by atoms with Crippen molar-refractivity contribution in [3.8, 4) is 0 Å². The first-order chi connectivity index (χ1) is 10.1. The molecule has 1 aliphatic heterocycles. The van der Waals surface area contributed by atoms with Crippen LogP contribution in [0.2, 0.25) is 5.15 Å². The van der Waals surface area contributed by atoms with Crippen molar-refractivity contribution in [2.45, 2.75) is 5.03 Å². The summed E-state index contributed by atoms with van der Waals surface area (Å²) < 4.78 is 34.1. The topological polar surface area (TPSA) is 75.9 Å². The molecule has 1 saturated heterocycles. The first-order valence-electron chi connectivity index (χ1n) is 6.49. The van der Waals surface area contributed by atoms with Crippen molar-refractivity contribution in [1.82, 2.24) is 19.0 Å². The second-order valence-corrected chi connectivity index (χ2v) is 7.53. The lowest BCUT2D eigenvalue weighted by Gasteiger charge is -2.26. The standard InChI is InChI=1S/C11H15ClN4O3S2/c12-9-10(16-5-8-20-11(16)14-9)21(17,18)13-1-2-15-3-6-19-7-4-15/h5,8,13H,1-4,6-7H2. The van der Waals surface area contributed by atoms with E-state index in [0.717, 1.165) is 13.1 Å². The van der Waals surface area contributed by atoms with Gasteiger partial charge in [0.1, 0.15) is 0 Å². The van der Waals surface area contributed by atoms with Crippen molar-refractivity contribution < 1.29 is 13.2 Å². The van der Waals surface area contributed by atoms with Crippen LogP contribution in [-0.2, 0) is 14.8 Å². The lowest BCUT2D eigenvalue weighted by molar-refractivity contribution is 0.0390. The van der Waals surface area contributed by atoms with Crippen LogP contribution in [0.3, 0.4) is 0 Å². The Hall–Kier alpha value is -0.710. The minimum absolute atomic E-state index is 0.000669. The quantitative estimate of drug-likeness (QED) is 0.857. The van der Waals surface area contributed by atoms with Gasteiger partial charge in [0.05, 0.1) is 13.2 Å². The molecule has 3 heterocycles. The van der Waals surface area contributed by atoms with E-state index in [2.05, 4.69) is 14.6 Å². The van der Waals surface area contributed by atoms with Gasteiger partial charge < -0.3 is 4.74 Å². The molecule has 0 spiro atoms. The van der Waals surface area contributed by atoms with Gasteiger partial charge in [-0.15, -0.1) is 11.3 Å². The predicted molar refractivity (Wildman–Crippen MR) is 80.5 cm³/mol. The van der Waals surface area contributed by atoms with Gasteiger partial charge >= 0.3 is 0 Å². The zero-order valence-electron chi connectivity index (χ0n) is 11.2. The molecule has 0 radical (unpaired) electrons. The maximum Gasteiger partial charge on any atom is 0.259 e. The molecule has 2 aromatic heterocycles. The molecule has 1 fully saturated rings. The highest BCUT2D eigenvalue weighted by atomic mass is 35.5. The zero-order valence-corrected chi connectivity index (χ0v) is 13.5. The van der Waals surface area contributed by atoms with Crippen LogP contribution in [0.25, 0.3) is 4.96 Å². The molecule has 1 N–H and O–H groups in total. The lowest BCUT2D eigenvalue weighted by Crippen LogP contribution is -2.41. The number of nitrogens with one attached hydrogen (secondary N) is 1. The molecule has 7 nitrogen and oxygen atoms in total. The van der Waals surface area contributed by atoms with Crippen LogP contribution in [-0.4, -0.2) is 62.1 Å². The van der Waals surface area contributed by atoms with Gasteiger partial charge in [-0.25, -0.2) is 18.1 Å². The molecule has 0 amide bonds. The molecule has 116 valence electrons. The van der Waals surface area contributed by atoms with E-state index in [0.29, 0.717) is 31.3 Å². The summed E-state index contributed by atoms with van der Waals surface area (Å²) in [7, 11) is -3.68. The summed E-state index contributed by atoms with van der Waals surface area (Å²) in [5.41, 5.74) is 0. The Labute approximate surface area is 131 Å². The highest BCUT2D eigenvalue weighted by Gasteiger charge is 2.24. The van der Waals surface area contributed by atoms with Gasteiger partial charge in [-0.1, -0.05) is 11.6 Å². The summed E-state index contributed by atoms with van der Waals surface area (Å²) in [6, 6.07) is 0. The van der Waals surface area contributed by atoms with Crippen molar-refractivity contribution >= 4 is 37.9 Å². The third kappa shape index (κ3) is 3.22. The van der Waals surface area contributed by atoms with Gasteiger partial charge in [0.2, 0.25) is 0 Å². The van der Waals surface area contributed by atoms with E-state index in [4.69, 9.17) is 16.3 Å². The van der Waals surface area contributed by atoms with Crippen LogP contribution in [0.4, 0.5) is 0 Å². The van der Waals surface area contributed by atoms with Crippen LogP contribution >= 0.6 is 22.9 Å². The minimum atomic E-state index is -3.68. The number of aromatic nitrogens is 2. The summed E-state index contributed by atoms with van der Waals surface area (Å²) in [6.07, 6.45) is 1.65. The SMILES string of the molecule is O=S(=O)(NCCN1CCOCC1)c1c(Cl)nc2sccn12. The van der Waals surface area contributed by atoms with Gasteiger partial charge in [-0.2, -0.15) is 0 Å². The van der Waals surface area contributed by atoms with Crippen LogP contribution in [0.5, 0.6) is 0 Å². The normalized spacial score (nSPS) is 17.6. The number of thiazole rings is 1. The minimum Gasteiger partial charge on any atom is -0.379 e. The fourth-order valence-electron chi connectivity index (χ4n) is 2.21. The van der Waals surface area contributed by atoms with E-state index < -0.39 is 10.0 Å². The molecular weight excluding hydrogens is 336 g/mol. The number of ether oxygens (including phenoxy) is 1. The molecular formula is C11H15ClN4O3S2. The Morgan fingerprint density at radius 2 is 2.19 bits per heavy atom. The first-order valence-corrected chi connectivity index (χ1v) is 9.23. The second-order valence-electron chi connectivity index (χ2n) is 4.62. The Balaban J connectivity index is 1.68. The van der Waals surface area contributed by atoms with E-state index in [9.17, 15) is 8.42 Å². The Morgan fingerprint density at radius 3 is 2.95 bits per heavy atom. The molecule has 0 saturated carbocycles. The number of halogens is 1. The van der Waals surface area contributed by atoms with Crippen molar-refractivity contribution in [1.29, 1.82) is 0 Å². The number of morpholine rings is 1. The number of imidazole rings is 1. The fourth-order valence-corrected chi connectivity index (χ4v) is 4.68. The number of nitrogens with zero attached hydrogens (tertiary/aromatic N) is 3. The molecule has 0 aliphatic carbocycles. The van der Waals surface area contributed by atoms with E-state index in [1.165, 1.54) is 15.7 Å². The summed E-state index contributed by atoms with van der Waals surface area (Å²) in [6.45, 7) is 4.00. The average molecular weight is 351 g/mol. The number of rotatable bonds is 5. The monoisotopic (exact) mass is 350 g/mol. The Kier molecular flexibility index (Phi) is 4.48. The van der Waals surface area contributed by atoms with Gasteiger partial charge in [-0.3, -0.25) is 9.30 Å². The molecule has 3 rings (SSSR count).